The van der Waals surface area contributed by atoms with Crippen LogP contribution in [0.1, 0.15) is 33.6 Å². The first kappa shape index (κ1) is 17.1. The highest BCUT2D eigenvalue weighted by molar-refractivity contribution is 7.10. The highest BCUT2D eigenvalue weighted by atomic mass is 32.1. The number of thiophene rings is 1. The summed E-state index contributed by atoms with van der Waals surface area (Å²) in [6.45, 7) is -0.438. The van der Waals surface area contributed by atoms with Crippen LogP contribution in [0.5, 0.6) is 0 Å². The Morgan fingerprint density at radius 3 is 2.88 bits per heavy atom. The van der Waals surface area contributed by atoms with Gasteiger partial charge in [-0.3, -0.25) is 14.9 Å². The van der Waals surface area contributed by atoms with E-state index in [4.69, 9.17) is 4.74 Å². The van der Waals surface area contributed by atoms with Crippen LogP contribution in [0.2, 0.25) is 0 Å². The molecule has 0 saturated carbocycles. The van der Waals surface area contributed by atoms with Gasteiger partial charge in [0, 0.05) is 28.1 Å². The maximum absolute atomic E-state index is 12.2. The number of carbonyl (C=O) groups excluding carboxylic acids is 2. The van der Waals surface area contributed by atoms with Crippen LogP contribution in [-0.2, 0) is 22.4 Å². The lowest BCUT2D eigenvalue weighted by atomic mass is 9.96. The zero-order valence-corrected chi connectivity index (χ0v) is 14.1. The summed E-state index contributed by atoms with van der Waals surface area (Å²) < 4.78 is 5.09. The van der Waals surface area contributed by atoms with Gasteiger partial charge in [-0.2, -0.15) is 0 Å². The van der Waals surface area contributed by atoms with Gasteiger partial charge in [-0.25, -0.2) is 4.79 Å². The molecule has 1 N–H and O–H groups in total. The van der Waals surface area contributed by atoms with Crippen molar-refractivity contribution in [3.8, 4) is 0 Å². The van der Waals surface area contributed by atoms with E-state index in [9.17, 15) is 19.7 Å². The van der Waals surface area contributed by atoms with E-state index < -0.39 is 23.4 Å². The van der Waals surface area contributed by atoms with E-state index in [1.807, 2.05) is 0 Å². The van der Waals surface area contributed by atoms with Crippen LogP contribution < -0.4 is 5.32 Å². The summed E-state index contributed by atoms with van der Waals surface area (Å²) in [5.74, 6) is -1.05. The van der Waals surface area contributed by atoms with E-state index >= 15 is 0 Å². The molecule has 0 saturated heterocycles. The van der Waals surface area contributed by atoms with Gasteiger partial charge in [0.2, 0.25) is 0 Å². The molecule has 25 heavy (non-hydrogen) atoms. The van der Waals surface area contributed by atoms with Crippen molar-refractivity contribution >= 4 is 34.6 Å². The summed E-state index contributed by atoms with van der Waals surface area (Å²) in [5.41, 5.74) is 1.74. The monoisotopic (exact) mass is 360 g/mol. The lowest BCUT2D eigenvalue weighted by Crippen LogP contribution is -2.21. The van der Waals surface area contributed by atoms with E-state index in [-0.39, 0.29) is 11.4 Å². The normalized spacial score (nSPS) is 13.0. The number of benzene rings is 1. The predicted octanol–water partition coefficient (Wildman–Crippen LogP) is 3.33. The Balaban J connectivity index is 1.57. The number of fused-ring (bicyclic) bond motifs is 1. The number of nitrogens with one attached hydrogen (secondary N) is 1. The summed E-state index contributed by atoms with van der Waals surface area (Å²) in [5, 5.41) is 15.0. The Morgan fingerprint density at radius 2 is 2.08 bits per heavy atom. The standard InChI is InChI=1S/C17H16N2O5S/c20-16(18-11-4-3-5-12(8-11)19(22)23)9-24-17(21)14-10-25-15-7-2-1-6-13(14)15/h3-5,8,10H,1-2,6-7,9H2,(H,18,20). The molecular weight excluding hydrogens is 344 g/mol. The quantitative estimate of drug-likeness (QED) is 0.501. The predicted molar refractivity (Wildman–Crippen MR) is 93.0 cm³/mol. The molecule has 2 aromatic rings. The summed E-state index contributed by atoms with van der Waals surface area (Å²) in [4.78, 5) is 35.5. The molecule has 1 aromatic carbocycles. The summed E-state index contributed by atoms with van der Waals surface area (Å²) >= 11 is 1.56. The van der Waals surface area contributed by atoms with E-state index in [0.29, 0.717) is 5.56 Å². The van der Waals surface area contributed by atoms with Gasteiger partial charge in [0.05, 0.1) is 10.5 Å². The third-order valence-corrected chi connectivity index (χ3v) is 5.04. The largest absolute Gasteiger partial charge is 0.452 e. The second kappa shape index (κ2) is 7.43. The molecule has 1 aliphatic carbocycles. The van der Waals surface area contributed by atoms with Crippen LogP contribution in [0.25, 0.3) is 0 Å². The number of non-ortho nitro benzene ring substituents is 1. The number of esters is 1. The molecule has 8 heteroatoms. The van der Waals surface area contributed by atoms with Gasteiger partial charge in [0.1, 0.15) is 0 Å². The molecule has 7 nitrogen and oxygen atoms in total. The molecule has 0 spiro atoms. The number of nitro benzene ring substituents is 1. The van der Waals surface area contributed by atoms with E-state index in [0.717, 1.165) is 31.2 Å². The lowest BCUT2D eigenvalue weighted by Gasteiger charge is -2.12. The maximum Gasteiger partial charge on any atom is 0.339 e. The molecule has 1 aliphatic rings. The van der Waals surface area contributed by atoms with Crippen molar-refractivity contribution in [3.05, 3.63) is 55.8 Å². The van der Waals surface area contributed by atoms with Gasteiger partial charge < -0.3 is 10.1 Å². The number of amides is 1. The summed E-state index contributed by atoms with van der Waals surface area (Å²) in [7, 11) is 0. The summed E-state index contributed by atoms with van der Waals surface area (Å²) in [6.07, 6.45) is 4.04. The van der Waals surface area contributed by atoms with Gasteiger partial charge >= 0.3 is 5.97 Å². The molecule has 0 atom stereocenters. The third kappa shape index (κ3) is 4.03. The lowest BCUT2D eigenvalue weighted by molar-refractivity contribution is -0.384. The first-order valence-electron chi connectivity index (χ1n) is 7.85. The number of hydrogen-bond donors (Lipinski definition) is 1. The fourth-order valence-electron chi connectivity index (χ4n) is 2.77. The number of anilines is 1. The van der Waals surface area contributed by atoms with Crippen molar-refractivity contribution in [2.75, 3.05) is 11.9 Å². The highest BCUT2D eigenvalue weighted by Crippen LogP contribution is 2.30. The number of rotatable bonds is 5. The molecular formula is C17H16N2O5S. The Kier molecular flexibility index (Phi) is 5.08. The molecule has 0 aliphatic heterocycles. The SMILES string of the molecule is O=C(COC(=O)c1csc2c1CCCC2)Nc1cccc([N+](=O)[O-])c1. The third-order valence-electron chi connectivity index (χ3n) is 3.96. The van der Waals surface area contributed by atoms with Crippen LogP contribution in [0, 0.1) is 10.1 Å². The number of ether oxygens (including phenoxy) is 1. The van der Waals surface area contributed by atoms with Gasteiger partial charge in [0.15, 0.2) is 6.61 Å². The zero-order valence-electron chi connectivity index (χ0n) is 13.3. The van der Waals surface area contributed by atoms with Crippen LogP contribution in [-0.4, -0.2) is 23.4 Å². The van der Waals surface area contributed by atoms with Crippen molar-refractivity contribution in [1.82, 2.24) is 0 Å². The molecule has 130 valence electrons. The smallest absolute Gasteiger partial charge is 0.339 e. The highest BCUT2D eigenvalue weighted by Gasteiger charge is 2.21. The zero-order chi connectivity index (χ0) is 17.8. The van der Waals surface area contributed by atoms with Crippen molar-refractivity contribution in [3.63, 3.8) is 0 Å². The Hall–Kier alpha value is -2.74. The minimum Gasteiger partial charge on any atom is -0.452 e. The first-order chi connectivity index (χ1) is 12.0. The van der Waals surface area contributed by atoms with Crippen LogP contribution >= 0.6 is 11.3 Å². The number of carbonyl (C=O) groups is 2. The van der Waals surface area contributed by atoms with Crippen LogP contribution in [0.4, 0.5) is 11.4 Å². The average Bonchev–Trinajstić information content (AvgIpc) is 3.04. The molecule has 3 rings (SSSR count). The van der Waals surface area contributed by atoms with Crippen molar-refractivity contribution in [1.29, 1.82) is 0 Å². The van der Waals surface area contributed by atoms with E-state index in [2.05, 4.69) is 5.32 Å². The second-order valence-corrected chi connectivity index (χ2v) is 6.65. The minimum absolute atomic E-state index is 0.125. The maximum atomic E-state index is 12.2. The topological polar surface area (TPSA) is 98.5 Å². The minimum atomic E-state index is -0.546. The number of nitrogens with zero attached hydrogens (tertiary/aromatic N) is 1. The average molecular weight is 360 g/mol. The van der Waals surface area contributed by atoms with Crippen molar-refractivity contribution < 1.29 is 19.2 Å². The number of hydrogen-bond acceptors (Lipinski definition) is 6. The van der Waals surface area contributed by atoms with Crippen LogP contribution in [0.15, 0.2) is 29.6 Å². The molecule has 0 radical (unpaired) electrons. The molecule has 1 amide bonds. The molecule has 0 bridgehead atoms. The van der Waals surface area contributed by atoms with Crippen molar-refractivity contribution in [2.45, 2.75) is 25.7 Å². The molecule has 0 unspecified atom stereocenters. The van der Waals surface area contributed by atoms with E-state index in [1.165, 1.54) is 29.1 Å². The summed E-state index contributed by atoms with van der Waals surface area (Å²) in [6, 6.07) is 5.57. The molecule has 1 heterocycles. The van der Waals surface area contributed by atoms with Gasteiger partial charge in [-0.1, -0.05) is 6.07 Å². The molecule has 0 fully saturated rings. The Labute approximate surface area is 147 Å². The molecule has 1 aromatic heterocycles. The number of aryl methyl sites for hydroxylation is 1. The fourth-order valence-corrected chi connectivity index (χ4v) is 3.88. The van der Waals surface area contributed by atoms with Gasteiger partial charge in [-0.15, -0.1) is 11.3 Å². The van der Waals surface area contributed by atoms with E-state index in [1.54, 1.807) is 16.7 Å². The van der Waals surface area contributed by atoms with Gasteiger partial charge in [0.25, 0.3) is 11.6 Å². The second-order valence-electron chi connectivity index (χ2n) is 5.69. The first-order valence-corrected chi connectivity index (χ1v) is 8.73. The fraction of sp³-hybridized carbons (Fsp3) is 0.294. The Bertz CT molecular complexity index is 830. The number of nitro groups is 1. The van der Waals surface area contributed by atoms with Crippen LogP contribution in [0.3, 0.4) is 0 Å². The van der Waals surface area contributed by atoms with Crippen molar-refractivity contribution in [2.24, 2.45) is 0 Å². The van der Waals surface area contributed by atoms with Gasteiger partial charge in [-0.05, 0) is 37.3 Å². The Morgan fingerprint density at radius 1 is 1.28 bits per heavy atom.